The zero-order chi connectivity index (χ0) is 13.0. The molecule has 0 aliphatic rings. The van der Waals surface area contributed by atoms with Crippen LogP contribution in [0.2, 0.25) is 0 Å². The lowest BCUT2D eigenvalue weighted by Gasteiger charge is -2.26. The van der Waals surface area contributed by atoms with Crippen LogP contribution in [-0.4, -0.2) is 16.8 Å². The summed E-state index contributed by atoms with van der Waals surface area (Å²) in [5.41, 5.74) is 2.61. The first-order chi connectivity index (χ1) is 8.77. The van der Waals surface area contributed by atoms with Crippen molar-refractivity contribution in [3.63, 3.8) is 0 Å². The summed E-state index contributed by atoms with van der Waals surface area (Å²) < 4.78 is 1.95. The minimum atomic E-state index is 0.296. The summed E-state index contributed by atoms with van der Waals surface area (Å²) in [5, 5.41) is 7.71. The first kappa shape index (κ1) is 12.8. The summed E-state index contributed by atoms with van der Waals surface area (Å²) >= 11 is 0. The van der Waals surface area contributed by atoms with E-state index in [0.29, 0.717) is 12.0 Å². The Balaban J connectivity index is 2.34. The number of benzene rings is 1. The van der Waals surface area contributed by atoms with E-state index >= 15 is 0 Å². The summed E-state index contributed by atoms with van der Waals surface area (Å²) in [5.74, 6) is 0.464. The number of aromatic nitrogens is 2. The molecule has 1 N–H and O–H groups in total. The van der Waals surface area contributed by atoms with E-state index in [4.69, 9.17) is 0 Å². The third-order valence-electron chi connectivity index (χ3n) is 3.56. The van der Waals surface area contributed by atoms with Crippen LogP contribution in [0.25, 0.3) is 0 Å². The third-order valence-corrected chi connectivity index (χ3v) is 3.56. The number of aryl methyl sites for hydroxylation is 1. The van der Waals surface area contributed by atoms with Gasteiger partial charge >= 0.3 is 0 Å². The van der Waals surface area contributed by atoms with Gasteiger partial charge in [-0.15, -0.1) is 0 Å². The SMILES string of the molecule is CCC(c1ccccc1)C(NC)c1ccnn1C. The van der Waals surface area contributed by atoms with Gasteiger partial charge in [-0.3, -0.25) is 4.68 Å². The van der Waals surface area contributed by atoms with E-state index < -0.39 is 0 Å². The Labute approximate surface area is 109 Å². The smallest absolute Gasteiger partial charge is 0.0558 e. The number of hydrogen-bond acceptors (Lipinski definition) is 2. The topological polar surface area (TPSA) is 29.9 Å². The van der Waals surface area contributed by atoms with Gasteiger partial charge in [0.15, 0.2) is 0 Å². The van der Waals surface area contributed by atoms with E-state index in [1.165, 1.54) is 11.3 Å². The van der Waals surface area contributed by atoms with E-state index in [0.717, 1.165) is 6.42 Å². The maximum Gasteiger partial charge on any atom is 0.0558 e. The Morgan fingerprint density at radius 3 is 2.44 bits per heavy atom. The molecule has 0 aliphatic heterocycles. The molecule has 0 radical (unpaired) electrons. The molecule has 3 nitrogen and oxygen atoms in total. The van der Waals surface area contributed by atoms with Crippen molar-refractivity contribution in [2.75, 3.05) is 7.05 Å². The van der Waals surface area contributed by atoms with Crippen molar-refractivity contribution < 1.29 is 0 Å². The largest absolute Gasteiger partial charge is 0.311 e. The first-order valence-electron chi connectivity index (χ1n) is 6.48. The molecule has 18 heavy (non-hydrogen) atoms. The molecule has 0 amide bonds. The zero-order valence-corrected chi connectivity index (χ0v) is 11.3. The van der Waals surface area contributed by atoms with Crippen LogP contribution in [0.3, 0.4) is 0 Å². The van der Waals surface area contributed by atoms with Crippen LogP contribution in [0.4, 0.5) is 0 Å². The van der Waals surface area contributed by atoms with E-state index in [9.17, 15) is 0 Å². The van der Waals surface area contributed by atoms with Crippen molar-refractivity contribution in [3.8, 4) is 0 Å². The van der Waals surface area contributed by atoms with Crippen molar-refractivity contribution in [1.82, 2.24) is 15.1 Å². The molecule has 0 aliphatic carbocycles. The van der Waals surface area contributed by atoms with Crippen LogP contribution in [0, 0.1) is 0 Å². The third kappa shape index (κ3) is 2.46. The molecule has 96 valence electrons. The molecule has 0 spiro atoms. The van der Waals surface area contributed by atoms with Gasteiger partial charge in [-0.05, 0) is 25.1 Å². The molecule has 3 heteroatoms. The van der Waals surface area contributed by atoms with Gasteiger partial charge in [-0.2, -0.15) is 5.10 Å². The Morgan fingerprint density at radius 2 is 1.94 bits per heavy atom. The fraction of sp³-hybridized carbons (Fsp3) is 0.400. The van der Waals surface area contributed by atoms with E-state index in [1.54, 1.807) is 0 Å². The van der Waals surface area contributed by atoms with Gasteiger partial charge in [0.1, 0.15) is 0 Å². The molecule has 0 bridgehead atoms. The summed E-state index contributed by atoms with van der Waals surface area (Å²) in [4.78, 5) is 0. The highest BCUT2D eigenvalue weighted by Crippen LogP contribution is 2.32. The molecule has 0 fully saturated rings. The molecule has 1 heterocycles. The normalized spacial score (nSPS) is 14.4. The summed E-state index contributed by atoms with van der Waals surface area (Å²) in [6.07, 6.45) is 2.96. The quantitative estimate of drug-likeness (QED) is 0.875. The van der Waals surface area contributed by atoms with Gasteiger partial charge in [-0.1, -0.05) is 37.3 Å². The molecular weight excluding hydrogens is 222 g/mol. The van der Waals surface area contributed by atoms with Crippen molar-refractivity contribution in [2.24, 2.45) is 7.05 Å². The molecule has 2 atom stereocenters. The van der Waals surface area contributed by atoms with Crippen LogP contribution in [0.15, 0.2) is 42.6 Å². The van der Waals surface area contributed by atoms with Gasteiger partial charge in [0.05, 0.1) is 11.7 Å². The molecule has 0 saturated heterocycles. The maximum atomic E-state index is 4.27. The van der Waals surface area contributed by atoms with Crippen LogP contribution >= 0.6 is 0 Å². The standard InChI is InChI=1S/C15H21N3/c1-4-13(12-8-6-5-7-9-12)15(16-2)14-10-11-17-18(14)3/h5-11,13,15-16H,4H2,1-3H3. The number of rotatable bonds is 5. The van der Waals surface area contributed by atoms with Crippen molar-refractivity contribution in [2.45, 2.75) is 25.3 Å². The lowest BCUT2D eigenvalue weighted by molar-refractivity contribution is 0.440. The second-order valence-corrected chi connectivity index (χ2v) is 4.57. The monoisotopic (exact) mass is 243 g/mol. The maximum absolute atomic E-state index is 4.27. The fourth-order valence-electron chi connectivity index (χ4n) is 2.61. The number of hydrogen-bond donors (Lipinski definition) is 1. The minimum absolute atomic E-state index is 0.296. The summed E-state index contributed by atoms with van der Waals surface area (Å²) in [7, 11) is 4.01. The number of likely N-dealkylation sites (N-methyl/N-ethyl adjacent to an activating group) is 1. The summed E-state index contributed by atoms with van der Waals surface area (Å²) in [6, 6.07) is 13.1. The van der Waals surface area contributed by atoms with Crippen molar-refractivity contribution >= 4 is 0 Å². The van der Waals surface area contributed by atoms with Crippen LogP contribution in [0.5, 0.6) is 0 Å². The lowest BCUT2D eigenvalue weighted by Crippen LogP contribution is -2.25. The molecule has 0 saturated carbocycles. The fourth-order valence-corrected chi connectivity index (χ4v) is 2.61. The van der Waals surface area contributed by atoms with E-state index in [1.807, 2.05) is 25.0 Å². The highest BCUT2D eigenvalue weighted by molar-refractivity contribution is 5.24. The molecular formula is C15H21N3. The second kappa shape index (κ2) is 5.83. The van der Waals surface area contributed by atoms with Gasteiger partial charge < -0.3 is 5.32 Å². The molecule has 2 rings (SSSR count). The van der Waals surface area contributed by atoms with Crippen molar-refractivity contribution in [3.05, 3.63) is 53.9 Å². The highest BCUT2D eigenvalue weighted by atomic mass is 15.3. The Bertz CT molecular complexity index is 475. The zero-order valence-electron chi connectivity index (χ0n) is 11.3. The van der Waals surface area contributed by atoms with Crippen LogP contribution in [0.1, 0.15) is 36.6 Å². The molecule has 1 aromatic heterocycles. The Hall–Kier alpha value is -1.61. The van der Waals surface area contributed by atoms with Gasteiger partial charge in [-0.25, -0.2) is 0 Å². The predicted molar refractivity (Wildman–Crippen MR) is 74.5 cm³/mol. The average molecular weight is 243 g/mol. The van der Waals surface area contributed by atoms with Gasteiger partial charge in [0.2, 0.25) is 0 Å². The highest BCUT2D eigenvalue weighted by Gasteiger charge is 2.23. The average Bonchev–Trinajstić information content (AvgIpc) is 2.83. The van der Waals surface area contributed by atoms with Gasteiger partial charge in [0, 0.05) is 19.2 Å². The van der Waals surface area contributed by atoms with Crippen molar-refractivity contribution in [1.29, 1.82) is 0 Å². The van der Waals surface area contributed by atoms with Gasteiger partial charge in [0.25, 0.3) is 0 Å². The molecule has 2 aromatic rings. The molecule has 1 aromatic carbocycles. The molecule has 2 unspecified atom stereocenters. The second-order valence-electron chi connectivity index (χ2n) is 4.57. The number of nitrogens with zero attached hydrogens (tertiary/aromatic N) is 2. The van der Waals surface area contributed by atoms with E-state index in [-0.39, 0.29) is 0 Å². The Kier molecular flexibility index (Phi) is 4.15. The first-order valence-corrected chi connectivity index (χ1v) is 6.48. The van der Waals surface area contributed by atoms with E-state index in [2.05, 4.69) is 53.7 Å². The predicted octanol–water partition coefficient (Wildman–Crippen LogP) is 2.87. The lowest BCUT2D eigenvalue weighted by atomic mass is 9.87. The van der Waals surface area contributed by atoms with Crippen LogP contribution in [-0.2, 0) is 7.05 Å². The summed E-state index contributed by atoms with van der Waals surface area (Å²) in [6.45, 7) is 2.23. The Morgan fingerprint density at radius 1 is 1.22 bits per heavy atom. The minimum Gasteiger partial charge on any atom is -0.311 e. The number of nitrogens with one attached hydrogen (secondary N) is 1. The van der Waals surface area contributed by atoms with Crippen LogP contribution < -0.4 is 5.32 Å².